The Morgan fingerprint density at radius 3 is 2.88 bits per heavy atom. The second kappa shape index (κ2) is 4.34. The van der Waals surface area contributed by atoms with Gasteiger partial charge in [0.05, 0.1) is 0 Å². The van der Waals surface area contributed by atoms with Crippen LogP contribution in [0.2, 0.25) is 0 Å². The van der Waals surface area contributed by atoms with Gasteiger partial charge in [0.25, 0.3) is 0 Å². The molecule has 2 heterocycles. The van der Waals surface area contributed by atoms with Crippen LogP contribution in [0.4, 0.5) is 0 Å². The Bertz CT molecular complexity index is 352. The Hall–Kier alpha value is -0.610. The molecule has 3 rings (SSSR count). The summed E-state index contributed by atoms with van der Waals surface area (Å²) in [6, 6.07) is 0. The van der Waals surface area contributed by atoms with E-state index in [9.17, 15) is 0 Å². The van der Waals surface area contributed by atoms with Crippen LogP contribution in [0.25, 0.3) is 0 Å². The van der Waals surface area contributed by atoms with Crippen LogP contribution in [0.3, 0.4) is 0 Å². The fraction of sp³-hybridized carbons (Fsp3) is 0.818. The molecule has 16 heavy (non-hydrogen) atoms. The first-order valence-corrected chi connectivity index (χ1v) is 5.84. The van der Waals surface area contributed by atoms with Crippen molar-refractivity contribution in [3.8, 4) is 0 Å². The summed E-state index contributed by atoms with van der Waals surface area (Å²) in [7, 11) is 0. The fourth-order valence-electron chi connectivity index (χ4n) is 2.88. The molecule has 1 spiro atoms. The van der Waals surface area contributed by atoms with Crippen molar-refractivity contribution in [2.45, 2.75) is 38.5 Å². The molecule has 2 aliphatic rings. The minimum Gasteiger partial charge on any atom is -0.339 e. The van der Waals surface area contributed by atoms with Gasteiger partial charge in [-0.15, -0.1) is 12.4 Å². The lowest BCUT2D eigenvalue weighted by molar-refractivity contribution is 0.104. The van der Waals surface area contributed by atoms with Crippen molar-refractivity contribution in [1.82, 2.24) is 15.5 Å². The quantitative estimate of drug-likeness (QED) is 0.862. The molecule has 90 valence electrons. The van der Waals surface area contributed by atoms with Crippen LogP contribution in [0, 0.1) is 5.41 Å². The monoisotopic (exact) mass is 243 g/mol. The number of aromatic nitrogens is 2. The average Bonchev–Trinajstić information content (AvgIpc) is 2.84. The standard InChI is InChI=1S/C11H17N3O.ClH/c1-2-9-13-10(15-14-9)8-5-11(6-8)3-4-12-7-11;/h8,12H,2-7H2,1H3;1H. The zero-order valence-corrected chi connectivity index (χ0v) is 10.3. The van der Waals surface area contributed by atoms with E-state index in [4.69, 9.17) is 4.52 Å². The van der Waals surface area contributed by atoms with Crippen LogP contribution in [-0.4, -0.2) is 23.2 Å². The number of nitrogens with zero attached hydrogens (tertiary/aromatic N) is 2. The molecular weight excluding hydrogens is 226 g/mol. The van der Waals surface area contributed by atoms with Gasteiger partial charge < -0.3 is 9.84 Å². The molecular formula is C11H18ClN3O. The summed E-state index contributed by atoms with van der Waals surface area (Å²) in [6.45, 7) is 4.41. The zero-order valence-electron chi connectivity index (χ0n) is 9.53. The van der Waals surface area contributed by atoms with E-state index in [1.165, 1.54) is 32.4 Å². The van der Waals surface area contributed by atoms with Crippen LogP contribution in [0.5, 0.6) is 0 Å². The maximum absolute atomic E-state index is 5.28. The third-order valence-electron chi connectivity index (χ3n) is 3.84. The molecule has 1 saturated carbocycles. The summed E-state index contributed by atoms with van der Waals surface area (Å²) in [5.41, 5.74) is 0.561. The minimum absolute atomic E-state index is 0. The van der Waals surface area contributed by atoms with E-state index >= 15 is 0 Å². The first-order valence-electron chi connectivity index (χ1n) is 5.84. The van der Waals surface area contributed by atoms with Gasteiger partial charge in [-0.1, -0.05) is 12.1 Å². The second-order valence-electron chi connectivity index (χ2n) is 4.93. The van der Waals surface area contributed by atoms with Gasteiger partial charge in [-0.25, -0.2) is 0 Å². The smallest absolute Gasteiger partial charge is 0.229 e. The number of rotatable bonds is 2. The molecule has 1 aromatic rings. The molecule has 5 heteroatoms. The maximum atomic E-state index is 5.28. The molecule has 0 atom stereocenters. The fourth-order valence-corrected chi connectivity index (χ4v) is 2.88. The summed E-state index contributed by atoms with van der Waals surface area (Å²) >= 11 is 0. The lowest BCUT2D eigenvalue weighted by Gasteiger charge is -2.42. The summed E-state index contributed by atoms with van der Waals surface area (Å²) in [5.74, 6) is 2.23. The van der Waals surface area contributed by atoms with Gasteiger partial charge in [0.1, 0.15) is 0 Å². The topological polar surface area (TPSA) is 51.0 Å². The molecule has 1 N–H and O–H groups in total. The van der Waals surface area contributed by atoms with Gasteiger partial charge in [0.15, 0.2) is 5.82 Å². The predicted molar refractivity (Wildman–Crippen MR) is 62.8 cm³/mol. The van der Waals surface area contributed by atoms with E-state index in [0.717, 1.165) is 18.1 Å². The lowest BCUT2D eigenvalue weighted by atomic mass is 9.61. The first-order chi connectivity index (χ1) is 7.31. The Labute approximate surface area is 102 Å². The lowest BCUT2D eigenvalue weighted by Crippen LogP contribution is -2.37. The van der Waals surface area contributed by atoms with Crippen molar-refractivity contribution >= 4 is 12.4 Å². The van der Waals surface area contributed by atoms with Gasteiger partial charge >= 0.3 is 0 Å². The summed E-state index contributed by atoms with van der Waals surface area (Å²) < 4.78 is 5.28. The van der Waals surface area contributed by atoms with Crippen LogP contribution >= 0.6 is 12.4 Å². The largest absolute Gasteiger partial charge is 0.339 e. The van der Waals surface area contributed by atoms with Gasteiger partial charge in [-0.2, -0.15) is 4.98 Å². The van der Waals surface area contributed by atoms with Crippen molar-refractivity contribution in [1.29, 1.82) is 0 Å². The minimum atomic E-state index is 0. The molecule has 0 unspecified atom stereocenters. The molecule has 0 aromatic carbocycles. The highest BCUT2D eigenvalue weighted by atomic mass is 35.5. The SMILES string of the molecule is CCc1noc(C2CC3(CCNC3)C2)n1.Cl. The molecule has 1 aliphatic carbocycles. The normalized spacial score (nSPS) is 32.4. The highest BCUT2D eigenvalue weighted by Gasteiger charge is 2.48. The third-order valence-corrected chi connectivity index (χ3v) is 3.84. The summed E-state index contributed by atoms with van der Waals surface area (Å²) in [4.78, 5) is 4.41. The maximum Gasteiger partial charge on any atom is 0.229 e. The average molecular weight is 244 g/mol. The van der Waals surface area contributed by atoms with Crippen molar-refractivity contribution < 1.29 is 4.52 Å². The Balaban J connectivity index is 0.000000963. The molecule has 1 saturated heterocycles. The van der Waals surface area contributed by atoms with Gasteiger partial charge in [0, 0.05) is 18.9 Å². The first kappa shape index (κ1) is 11.9. The van der Waals surface area contributed by atoms with Crippen LogP contribution in [0.1, 0.15) is 43.8 Å². The van der Waals surface area contributed by atoms with Gasteiger partial charge in [-0.05, 0) is 31.2 Å². The second-order valence-corrected chi connectivity index (χ2v) is 4.93. The number of halogens is 1. The predicted octanol–water partition coefficient (Wildman–Crippen LogP) is 1.91. The van der Waals surface area contributed by atoms with E-state index in [1.54, 1.807) is 0 Å². The summed E-state index contributed by atoms with van der Waals surface area (Å²) in [5, 5.41) is 7.39. The van der Waals surface area contributed by atoms with Crippen molar-refractivity contribution in [2.24, 2.45) is 5.41 Å². The van der Waals surface area contributed by atoms with E-state index in [0.29, 0.717) is 11.3 Å². The van der Waals surface area contributed by atoms with Crippen LogP contribution in [0.15, 0.2) is 4.52 Å². The molecule has 0 amide bonds. The summed E-state index contributed by atoms with van der Waals surface area (Å²) in [6.07, 6.45) is 4.64. The van der Waals surface area contributed by atoms with E-state index in [1.807, 2.05) is 0 Å². The number of hydrogen-bond acceptors (Lipinski definition) is 4. The Morgan fingerprint density at radius 2 is 2.31 bits per heavy atom. The van der Waals surface area contributed by atoms with Crippen molar-refractivity contribution in [3.05, 3.63) is 11.7 Å². The van der Waals surface area contributed by atoms with Crippen LogP contribution < -0.4 is 5.32 Å². The third kappa shape index (κ3) is 1.84. The van der Waals surface area contributed by atoms with Crippen molar-refractivity contribution in [2.75, 3.05) is 13.1 Å². The molecule has 1 aromatic heterocycles. The molecule has 4 nitrogen and oxygen atoms in total. The van der Waals surface area contributed by atoms with Crippen molar-refractivity contribution in [3.63, 3.8) is 0 Å². The Morgan fingerprint density at radius 1 is 1.50 bits per heavy atom. The molecule has 1 aliphatic heterocycles. The molecule has 0 bridgehead atoms. The van der Waals surface area contributed by atoms with E-state index < -0.39 is 0 Å². The van der Waals surface area contributed by atoms with Gasteiger partial charge in [0.2, 0.25) is 5.89 Å². The zero-order chi connectivity index (χ0) is 10.3. The number of hydrogen-bond donors (Lipinski definition) is 1. The van der Waals surface area contributed by atoms with E-state index in [2.05, 4.69) is 22.4 Å². The molecule has 2 fully saturated rings. The number of nitrogens with one attached hydrogen (secondary N) is 1. The highest BCUT2D eigenvalue weighted by Crippen LogP contribution is 2.53. The van der Waals surface area contributed by atoms with Crippen LogP contribution in [-0.2, 0) is 6.42 Å². The highest BCUT2D eigenvalue weighted by molar-refractivity contribution is 5.85. The number of aryl methyl sites for hydroxylation is 1. The van der Waals surface area contributed by atoms with E-state index in [-0.39, 0.29) is 12.4 Å². The van der Waals surface area contributed by atoms with Gasteiger partial charge in [-0.3, -0.25) is 0 Å². The molecule has 0 radical (unpaired) electrons. The Kier molecular flexibility index (Phi) is 3.22.